The van der Waals surface area contributed by atoms with E-state index in [0.29, 0.717) is 12.0 Å². The van der Waals surface area contributed by atoms with Gasteiger partial charge in [-0.05, 0) is 76.3 Å². The summed E-state index contributed by atoms with van der Waals surface area (Å²) in [6.45, 7) is 6.72. The van der Waals surface area contributed by atoms with Crippen LogP contribution in [0.5, 0.6) is 0 Å². The van der Waals surface area contributed by atoms with Crippen LogP contribution in [0.3, 0.4) is 0 Å². The van der Waals surface area contributed by atoms with E-state index in [1.165, 1.54) is 68.8 Å². The summed E-state index contributed by atoms with van der Waals surface area (Å²) >= 11 is 0. The molecule has 0 N–H and O–H groups in total. The van der Waals surface area contributed by atoms with Crippen molar-refractivity contribution in [2.45, 2.75) is 63.6 Å². The normalized spacial score (nSPS) is 22.5. The first-order chi connectivity index (χ1) is 13.4. The summed E-state index contributed by atoms with van der Waals surface area (Å²) in [6.07, 6.45) is 11.5. The molecule has 0 amide bonds. The van der Waals surface area contributed by atoms with Gasteiger partial charge in [-0.15, -0.1) is 10.2 Å². The lowest BCUT2D eigenvalue weighted by Crippen LogP contribution is -2.33. The molecule has 0 unspecified atom stereocenters. The van der Waals surface area contributed by atoms with Crippen LogP contribution in [-0.2, 0) is 13.1 Å². The van der Waals surface area contributed by atoms with Gasteiger partial charge in [0.15, 0.2) is 0 Å². The minimum absolute atomic E-state index is 0.565. The second kappa shape index (κ2) is 7.68. The van der Waals surface area contributed by atoms with Crippen LogP contribution in [0.4, 0.5) is 0 Å². The summed E-state index contributed by atoms with van der Waals surface area (Å²) in [5.74, 6) is 3.05. The summed E-state index contributed by atoms with van der Waals surface area (Å²) in [5, 5.41) is 9.36. The Morgan fingerprint density at radius 1 is 0.889 bits per heavy atom. The van der Waals surface area contributed by atoms with E-state index in [1.807, 2.05) is 18.5 Å². The Hall–Kier alpha value is -1.79. The largest absolute Gasteiger partial charge is 0.311 e. The predicted octanol–water partition coefficient (Wildman–Crippen LogP) is 2.98. The first-order valence-electron chi connectivity index (χ1n) is 10.6. The second-order valence-electron chi connectivity index (χ2n) is 8.47. The Morgan fingerprint density at radius 2 is 1.67 bits per heavy atom. The molecule has 0 bridgehead atoms. The lowest BCUT2D eigenvalue weighted by atomic mass is 9.95. The summed E-state index contributed by atoms with van der Waals surface area (Å²) in [6, 6.07) is 4.87. The maximum Gasteiger partial charge on any atom is 0.147 e. The molecular formula is C21H30N6. The van der Waals surface area contributed by atoms with E-state index in [4.69, 9.17) is 5.10 Å². The van der Waals surface area contributed by atoms with Crippen LogP contribution >= 0.6 is 0 Å². The van der Waals surface area contributed by atoms with Crippen LogP contribution < -0.4 is 0 Å². The predicted molar refractivity (Wildman–Crippen MR) is 104 cm³/mol. The van der Waals surface area contributed by atoms with Gasteiger partial charge in [-0.25, -0.2) is 0 Å². The van der Waals surface area contributed by atoms with Gasteiger partial charge in [-0.2, -0.15) is 0 Å². The number of hydrogen-bond acceptors (Lipinski definition) is 5. The summed E-state index contributed by atoms with van der Waals surface area (Å²) < 4.78 is 2.53. The van der Waals surface area contributed by atoms with Crippen molar-refractivity contribution in [2.75, 3.05) is 26.2 Å². The Balaban J connectivity index is 1.25. The molecule has 0 aromatic carbocycles. The third kappa shape index (κ3) is 3.92. The number of hydrogen-bond donors (Lipinski definition) is 0. The fraction of sp³-hybridized carbons (Fsp3) is 0.667. The van der Waals surface area contributed by atoms with Crippen molar-refractivity contribution in [3.8, 4) is 0 Å². The topological polar surface area (TPSA) is 50.1 Å². The van der Waals surface area contributed by atoms with Crippen molar-refractivity contribution in [1.82, 2.24) is 29.5 Å². The Labute approximate surface area is 161 Å². The molecule has 3 aliphatic rings. The highest BCUT2D eigenvalue weighted by molar-refractivity contribution is 5.11. The third-order valence-electron chi connectivity index (χ3n) is 6.35. The van der Waals surface area contributed by atoms with Gasteiger partial charge in [0.2, 0.25) is 0 Å². The highest BCUT2D eigenvalue weighted by Crippen LogP contribution is 2.40. The van der Waals surface area contributed by atoms with E-state index in [9.17, 15) is 0 Å². The number of piperidine rings is 1. The summed E-state index contributed by atoms with van der Waals surface area (Å²) in [5.41, 5.74) is 1.31. The Bertz CT molecular complexity index is 739. The van der Waals surface area contributed by atoms with Gasteiger partial charge < -0.3 is 4.57 Å². The zero-order chi connectivity index (χ0) is 18.1. The Morgan fingerprint density at radius 3 is 2.37 bits per heavy atom. The van der Waals surface area contributed by atoms with E-state index in [2.05, 4.69) is 30.5 Å². The van der Waals surface area contributed by atoms with Gasteiger partial charge in [-0.1, -0.05) is 6.07 Å². The molecule has 6 nitrogen and oxygen atoms in total. The molecular weight excluding hydrogens is 336 g/mol. The lowest BCUT2D eigenvalue weighted by molar-refractivity contribution is 0.199. The molecule has 0 radical (unpaired) electrons. The number of rotatable bonds is 6. The van der Waals surface area contributed by atoms with Gasteiger partial charge in [0.05, 0.1) is 6.54 Å². The average Bonchev–Trinajstić information content (AvgIpc) is 3.25. The highest BCUT2D eigenvalue weighted by atomic mass is 15.3. The summed E-state index contributed by atoms with van der Waals surface area (Å²) in [4.78, 5) is 9.34. The first kappa shape index (κ1) is 17.3. The molecule has 27 heavy (non-hydrogen) atoms. The van der Waals surface area contributed by atoms with Crippen LogP contribution in [0.25, 0.3) is 0 Å². The third-order valence-corrected chi connectivity index (χ3v) is 6.35. The molecule has 5 rings (SSSR count). The molecule has 0 atom stereocenters. The zero-order valence-corrected chi connectivity index (χ0v) is 16.1. The van der Waals surface area contributed by atoms with Gasteiger partial charge in [-0.3, -0.25) is 14.8 Å². The van der Waals surface area contributed by atoms with Crippen molar-refractivity contribution in [1.29, 1.82) is 0 Å². The van der Waals surface area contributed by atoms with Crippen LogP contribution in [0.2, 0.25) is 0 Å². The number of pyridine rings is 1. The van der Waals surface area contributed by atoms with E-state index in [1.54, 1.807) is 0 Å². The van der Waals surface area contributed by atoms with E-state index >= 15 is 0 Å². The second-order valence-corrected chi connectivity index (χ2v) is 8.47. The maximum atomic E-state index is 4.71. The molecule has 6 heteroatoms. The monoisotopic (exact) mass is 366 g/mol. The van der Waals surface area contributed by atoms with E-state index in [-0.39, 0.29) is 0 Å². The summed E-state index contributed by atoms with van der Waals surface area (Å²) in [7, 11) is 0. The minimum Gasteiger partial charge on any atom is -0.311 e. The number of aromatic nitrogens is 4. The van der Waals surface area contributed by atoms with E-state index < -0.39 is 0 Å². The van der Waals surface area contributed by atoms with Gasteiger partial charge >= 0.3 is 0 Å². The zero-order valence-electron chi connectivity index (χ0n) is 16.1. The van der Waals surface area contributed by atoms with Crippen molar-refractivity contribution >= 4 is 0 Å². The molecule has 144 valence electrons. The van der Waals surface area contributed by atoms with Crippen LogP contribution in [0.1, 0.15) is 67.7 Å². The van der Waals surface area contributed by atoms with Crippen LogP contribution in [-0.4, -0.2) is 55.7 Å². The van der Waals surface area contributed by atoms with Crippen molar-refractivity contribution in [3.05, 3.63) is 41.7 Å². The van der Waals surface area contributed by atoms with Gasteiger partial charge in [0, 0.05) is 30.9 Å². The number of likely N-dealkylation sites (tertiary alicyclic amines) is 2. The fourth-order valence-electron chi connectivity index (χ4n) is 4.69. The average molecular weight is 367 g/mol. The minimum atomic E-state index is 0.565. The van der Waals surface area contributed by atoms with Crippen molar-refractivity contribution < 1.29 is 0 Å². The van der Waals surface area contributed by atoms with Crippen LogP contribution in [0.15, 0.2) is 24.5 Å². The van der Waals surface area contributed by atoms with Gasteiger partial charge in [0.1, 0.15) is 11.6 Å². The van der Waals surface area contributed by atoms with E-state index in [0.717, 1.165) is 26.2 Å². The molecule has 2 aliphatic heterocycles. The molecule has 1 aliphatic carbocycles. The SMILES string of the molecule is c1cncc(CN2CCC(c3nnc(CN4CCCC4)n3C3CC3)CC2)c1. The quantitative estimate of drug-likeness (QED) is 0.787. The highest BCUT2D eigenvalue weighted by Gasteiger charge is 2.34. The first-order valence-corrected chi connectivity index (χ1v) is 10.6. The molecule has 4 heterocycles. The molecule has 2 aromatic heterocycles. The van der Waals surface area contributed by atoms with Crippen molar-refractivity contribution in [3.63, 3.8) is 0 Å². The molecule has 1 saturated carbocycles. The van der Waals surface area contributed by atoms with Crippen molar-refractivity contribution in [2.24, 2.45) is 0 Å². The van der Waals surface area contributed by atoms with Crippen LogP contribution in [0, 0.1) is 0 Å². The van der Waals surface area contributed by atoms with Gasteiger partial charge in [0.25, 0.3) is 0 Å². The molecule has 2 saturated heterocycles. The standard InChI is InChI=1S/C21H30N6/c1-2-11-25(10-1)16-20-23-24-21(27(20)19-5-6-19)18-7-12-26(13-8-18)15-17-4-3-9-22-14-17/h3-4,9,14,18-19H,1-2,5-8,10-13,15-16H2. The lowest BCUT2D eigenvalue weighted by Gasteiger charge is -2.31. The maximum absolute atomic E-state index is 4.71. The fourth-order valence-corrected chi connectivity index (χ4v) is 4.69. The Kier molecular flexibility index (Phi) is 4.93. The molecule has 0 spiro atoms. The smallest absolute Gasteiger partial charge is 0.147 e. The molecule has 3 fully saturated rings. The molecule has 2 aromatic rings. The number of nitrogens with zero attached hydrogens (tertiary/aromatic N) is 6.